The standard InChI is InChI=1S/C15H23N3O/c16-15(17)10-14(13-4-2-1-3-5-13)18-8-6-12(11-19)7-9-18/h1-5,12,14,19H,6-11H2,(H3,16,17). The number of hydrogen-bond acceptors (Lipinski definition) is 3. The molecular formula is C15H23N3O. The third-order valence-electron chi connectivity index (χ3n) is 3.95. The second-order valence-electron chi connectivity index (χ2n) is 5.32. The van der Waals surface area contributed by atoms with Gasteiger partial charge in [-0.25, -0.2) is 0 Å². The lowest BCUT2D eigenvalue weighted by molar-refractivity contribution is 0.102. The molecule has 0 bridgehead atoms. The molecule has 1 saturated heterocycles. The first kappa shape index (κ1) is 14.0. The first-order valence-corrected chi connectivity index (χ1v) is 6.93. The molecule has 0 spiro atoms. The summed E-state index contributed by atoms with van der Waals surface area (Å²) >= 11 is 0. The Bertz CT molecular complexity index is 399. The maximum absolute atomic E-state index is 9.21. The molecule has 1 atom stereocenters. The van der Waals surface area contributed by atoms with Crippen LogP contribution in [0, 0.1) is 11.3 Å². The largest absolute Gasteiger partial charge is 0.396 e. The third-order valence-corrected chi connectivity index (χ3v) is 3.95. The van der Waals surface area contributed by atoms with Gasteiger partial charge in [0.2, 0.25) is 0 Å². The molecule has 0 radical (unpaired) electrons. The molecule has 4 heteroatoms. The number of aliphatic hydroxyl groups excluding tert-OH is 1. The van der Waals surface area contributed by atoms with Crippen LogP contribution in [0.5, 0.6) is 0 Å². The summed E-state index contributed by atoms with van der Waals surface area (Å²) in [5, 5.41) is 16.8. The van der Waals surface area contributed by atoms with Crippen LogP contribution in [0.3, 0.4) is 0 Å². The highest BCUT2D eigenvalue weighted by molar-refractivity contribution is 5.77. The highest BCUT2D eigenvalue weighted by Crippen LogP contribution is 2.29. The maximum atomic E-state index is 9.21. The van der Waals surface area contributed by atoms with Gasteiger partial charge in [-0.15, -0.1) is 0 Å². The normalized spacial score (nSPS) is 19.2. The monoisotopic (exact) mass is 261 g/mol. The number of nitrogens with two attached hydrogens (primary N) is 1. The highest BCUT2D eigenvalue weighted by Gasteiger charge is 2.26. The van der Waals surface area contributed by atoms with E-state index < -0.39 is 0 Å². The SMILES string of the molecule is N=C(N)CC(c1ccccc1)N1CCC(CO)CC1. The molecule has 4 N–H and O–H groups in total. The van der Waals surface area contributed by atoms with E-state index in [1.54, 1.807) is 0 Å². The van der Waals surface area contributed by atoms with Crippen LogP contribution in [0.25, 0.3) is 0 Å². The predicted octanol–water partition coefficient (Wildman–Crippen LogP) is 1.76. The lowest BCUT2D eigenvalue weighted by atomic mass is 9.93. The van der Waals surface area contributed by atoms with Gasteiger partial charge in [0.05, 0.1) is 5.84 Å². The van der Waals surface area contributed by atoms with Crippen molar-refractivity contribution in [2.45, 2.75) is 25.3 Å². The van der Waals surface area contributed by atoms with Gasteiger partial charge in [0.15, 0.2) is 0 Å². The van der Waals surface area contributed by atoms with Crippen molar-refractivity contribution in [1.82, 2.24) is 4.90 Å². The second kappa shape index (κ2) is 6.68. The number of hydrogen-bond donors (Lipinski definition) is 3. The summed E-state index contributed by atoms with van der Waals surface area (Å²) in [6.07, 6.45) is 2.63. The minimum Gasteiger partial charge on any atom is -0.396 e. The maximum Gasteiger partial charge on any atom is 0.0924 e. The molecule has 4 nitrogen and oxygen atoms in total. The van der Waals surface area contributed by atoms with Gasteiger partial charge in [-0.2, -0.15) is 0 Å². The van der Waals surface area contributed by atoms with Gasteiger partial charge < -0.3 is 10.8 Å². The smallest absolute Gasteiger partial charge is 0.0924 e. The summed E-state index contributed by atoms with van der Waals surface area (Å²) in [4.78, 5) is 2.39. The number of likely N-dealkylation sites (tertiary alicyclic amines) is 1. The summed E-state index contributed by atoms with van der Waals surface area (Å²) in [5.74, 6) is 0.670. The second-order valence-corrected chi connectivity index (χ2v) is 5.32. The van der Waals surface area contributed by atoms with Gasteiger partial charge in [0, 0.05) is 19.1 Å². The molecule has 1 aromatic carbocycles. The summed E-state index contributed by atoms with van der Waals surface area (Å²) in [7, 11) is 0. The van der Waals surface area contributed by atoms with Crippen LogP contribution >= 0.6 is 0 Å². The van der Waals surface area contributed by atoms with E-state index in [1.807, 2.05) is 18.2 Å². The Morgan fingerprint density at radius 3 is 2.47 bits per heavy atom. The molecule has 19 heavy (non-hydrogen) atoms. The molecule has 1 fully saturated rings. The number of nitrogens with zero attached hydrogens (tertiary/aromatic N) is 1. The topological polar surface area (TPSA) is 73.3 Å². The average molecular weight is 261 g/mol. The molecule has 1 aliphatic rings. The molecule has 0 aromatic heterocycles. The summed E-state index contributed by atoms with van der Waals surface area (Å²) in [6, 6.07) is 10.5. The molecule has 1 aliphatic heterocycles. The Hall–Kier alpha value is -1.39. The molecule has 1 heterocycles. The van der Waals surface area contributed by atoms with Gasteiger partial charge in [0.25, 0.3) is 0 Å². The van der Waals surface area contributed by atoms with Gasteiger partial charge >= 0.3 is 0 Å². The van der Waals surface area contributed by atoms with Gasteiger partial charge in [-0.3, -0.25) is 10.3 Å². The number of nitrogens with one attached hydrogen (secondary N) is 1. The van der Waals surface area contributed by atoms with Crippen LogP contribution in [-0.2, 0) is 0 Å². The molecular weight excluding hydrogens is 238 g/mol. The van der Waals surface area contributed by atoms with Crippen LogP contribution < -0.4 is 5.73 Å². The van der Waals surface area contributed by atoms with Gasteiger partial charge in [0.1, 0.15) is 0 Å². The molecule has 2 rings (SSSR count). The van der Waals surface area contributed by atoms with E-state index in [-0.39, 0.29) is 18.5 Å². The molecule has 104 valence electrons. The Kier molecular flexibility index (Phi) is 4.93. The zero-order valence-electron chi connectivity index (χ0n) is 11.3. The molecule has 0 amide bonds. The number of amidine groups is 1. The minimum absolute atomic E-state index is 0.193. The average Bonchev–Trinajstić information content (AvgIpc) is 2.46. The van der Waals surface area contributed by atoms with Crippen molar-refractivity contribution in [3.63, 3.8) is 0 Å². The number of rotatable bonds is 5. The van der Waals surface area contributed by atoms with Crippen molar-refractivity contribution < 1.29 is 5.11 Å². The van der Waals surface area contributed by atoms with E-state index in [9.17, 15) is 5.11 Å². The van der Waals surface area contributed by atoms with Crippen molar-refractivity contribution in [2.75, 3.05) is 19.7 Å². The van der Waals surface area contributed by atoms with E-state index >= 15 is 0 Å². The Morgan fingerprint density at radius 2 is 1.95 bits per heavy atom. The fourth-order valence-corrected chi connectivity index (χ4v) is 2.79. The molecule has 0 saturated carbocycles. The predicted molar refractivity (Wildman–Crippen MR) is 77.1 cm³/mol. The van der Waals surface area contributed by atoms with E-state index in [4.69, 9.17) is 11.1 Å². The lowest BCUT2D eigenvalue weighted by Gasteiger charge is -2.37. The minimum atomic E-state index is 0.193. The third kappa shape index (κ3) is 3.78. The van der Waals surface area contributed by atoms with E-state index in [2.05, 4.69) is 17.0 Å². The van der Waals surface area contributed by atoms with Gasteiger partial charge in [-0.1, -0.05) is 30.3 Å². The molecule has 0 aliphatic carbocycles. The first-order valence-electron chi connectivity index (χ1n) is 6.93. The van der Waals surface area contributed by atoms with E-state index in [0.717, 1.165) is 25.9 Å². The van der Waals surface area contributed by atoms with Crippen LogP contribution in [0.1, 0.15) is 30.9 Å². The van der Waals surface area contributed by atoms with E-state index in [0.29, 0.717) is 12.3 Å². The summed E-state index contributed by atoms with van der Waals surface area (Å²) in [5.41, 5.74) is 6.83. The number of piperidine rings is 1. The van der Waals surface area contributed by atoms with Crippen LogP contribution in [-0.4, -0.2) is 35.5 Å². The summed E-state index contributed by atoms with van der Waals surface area (Å²) in [6.45, 7) is 2.23. The molecule has 1 aromatic rings. The van der Waals surface area contributed by atoms with Crippen LogP contribution in [0.4, 0.5) is 0 Å². The Labute approximate surface area is 114 Å². The first-order chi connectivity index (χ1) is 9.20. The van der Waals surface area contributed by atoms with Crippen molar-refractivity contribution in [3.8, 4) is 0 Å². The van der Waals surface area contributed by atoms with Crippen molar-refractivity contribution in [1.29, 1.82) is 5.41 Å². The van der Waals surface area contributed by atoms with Crippen LogP contribution in [0.2, 0.25) is 0 Å². The number of aliphatic hydroxyl groups is 1. The van der Waals surface area contributed by atoms with Crippen molar-refractivity contribution in [2.24, 2.45) is 11.7 Å². The number of benzene rings is 1. The zero-order chi connectivity index (χ0) is 13.7. The molecule has 1 unspecified atom stereocenters. The quantitative estimate of drug-likeness (QED) is 0.558. The highest BCUT2D eigenvalue weighted by atomic mass is 16.3. The lowest BCUT2D eigenvalue weighted by Crippen LogP contribution is -2.39. The zero-order valence-corrected chi connectivity index (χ0v) is 11.3. The van der Waals surface area contributed by atoms with Crippen LogP contribution in [0.15, 0.2) is 30.3 Å². The Morgan fingerprint density at radius 1 is 1.32 bits per heavy atom. The fourth-order valence-electron chi connectivity index (χ4n) is 2.79. The Balaban J connectivity index is 2.08. The fraction of sp³-hybridized carbons (Fsp3) is 0.533. The van der Waals surface area contributed by atoms with Crippen molar-refractivity contribution in [3.05, 3.63) is 35.9 Å². The van der Waals surface area contributed by atoms with E-state index in [1.165, 1.54) is 5.56 Å². The van der Waals surface area contributed by atoms with Gasteiger partial charge in [-0.05, 0) is 37.4 Å². The van der Waals surface area contributed by atoms with Crippen molar-refractivity contribution >= 4 is 5.84 Å². The summed E-state index contributed by atoms with van der Waals surface area (Å²) < 4.78 is 0.